The van der Waals surface area contributed by atoms with Crippen molar-refractivity contribution in [3.8, 4) is 0 Å². The third-order valence-electron chi connectivity index (χ3n) is 6.25. The molecule has 7 heteroatoms. The molecule has 0 aromatic rings. The van der Waals surface area contributed by atoms with E-state index < -0.39 is 17.4 Å². The van der Waals surface area contributed by atoms with Crippen LogP contribution in [-0.4, -0.2) is 71.5 Å². The van der Waals surface area contributed by atoms with Gasteiger partial charge < -0.3 is 15.3 Å². The zero-order valence-corrected chi connectivity index (χ0v) is 20.0. The van der Waals surface area contributed by atoms with Gasteiger partial charge >= 0.3 is 5.97 Å². The Hall–Kier alpha value is -1.89. The van der Waals surface area contributed by atoms with Crippen LogP contribution in [0.2, 0.25) is 0 Å². The lowest BCUT2D eigenvalue weighted by Crippen LogP contribution is -2.59. The van der Waals surface area contributed by atoms with Crippen molar-refractivity contribution in [1.29, 1.82) is 0 Å². The van der Waals surface area contributed by atoms with Gasteiger partial charge in [-0.2, -0.15) is 0 Å². The summed E-state index contributed by atoms with van der Waals surface area (Å²) in [6, 6.07) is -1.28. The molecular formula is C23H41N3O4. The predicted octanol–water partition coefficient (Wildman–Crippen LogP) is 2.91. The maximum absolute atomic E-state index is 13.5. The molecule has 0 aromatic carbocycles. The highest BCUT2D eigenvalue weighted by Gasteiger charge is 2.39. The van der Waals surface area contributed by atoms with Crippen molar-refractivity contribution in [1.82, 2.24) is 15.1 Å². The number of rotatable bonds is 8. The van der Waals surface area contributed by atoms with Gasteiger partial charge in [-0.1, -0.05) is 53.5 Å². The van der Waals surface area contributed by atoms with E-state index in [4.69, 9.17) is 0 Å². The van der Waals surface area contributed by atoms with Crippen molar-refractivity contribution in [2.24, 2.45) is 11.3 Å². The number of hydrogen-bond donors (Lipinski definition) is 2. The third-order valence-corrected chi connectivity index (χ3v) is 6.25. The lowest BCUT2D eigenvalue weighted by atomic mass is 9.84. The summed E-state index contributed by atoms with van der Waals surface area (Å²) in [7, 11) is 3.64. The summed E-state index contributed by atoms with van der Waals surface area (Å²) in [5.41, 5.74) is -0.278. The highest BCUT2D eigenvalue weighted by Crippen LogP contribution is 2.25. The van der Waals surface area contributed by atoms with Gasteiger partial charge in [-0.05, 0) is 44.7 Å². The fourth-order valence-electron chi connectivity index (χ4n) is 3.87. The smallest absolute Gasteiger partial charge is 0.331 e. The molecule has 1 fully saturated rings. The molecule has 7 nitrogen and oxygen atoms in total. The van der Waals surface area contributed by atoms with E-state index in [1.54, 1.807) is 18.0 Å². The summed E-state index contributed by atoms with van der Waals surface area (Å²) in [5, 5.41) is 12.3. The quantitative estimate of drug-likeness (QED) is 0.586. The molecule has 1 aliphatic heterocycles. The van der Waals surface area contributed by atoms with E-state index in [0.717, 1.165) is 32.2 Å². The molecule has 30 heavy (non-hydrogen) atoms. The second-order valence-corrected chi connectivity index (χ2v) is 9.78. The number of carbonyl (C=O) groups is 3. The van der Waals surface area contributed by atoms with E-state index in [9.17, 15) is 19.5 Å². The van der Waals surface area contributed by atoms with Crippen molar-refractivity contribution >= 4 is 17.8 Å². The molecule has 1 rings (SSSR count). The van der Waals surface area contributed by atoms with Crippen LogP contribution in [0.3, 0.4) is 0 Å². The second kappa shape index (κ2) is 10.9. The third kappa shape index (κ3) is 6.83. The largest absolute Gasteiger partial charge is 0.478 e. The highest BCUT2D eigenvalue weighted by atomic mass is 16.4. The molecule has 1 heterocycles. The Morgan fingerprint density at radius 1 is 1.27 bits per heavy atom. The molecule has 2 amide bonds. The number of aliphatic carboxylic acids is 1. The number of likely N-dealkylation sites (N-methyl/N-ethyl adjacent to an activating group) is 2. The summed E-state index contributed by atoms with van der Waals surface area (Å²) in [6.07, 6.45) is 5.32. The molecule has 0 spiro atoms. The zero-order valence-electron chi connectivity index (χ0n) is 20.0. The molecule has 0 aliphatic carbocycles. The lowest BCUT2D eigenvalue weighted by molar-refractivity contribution is -0.141. The van der Waals surface area contributed by atoms with E-state index in [2.05, 4.69) is 5.32 Å². The molecule has 0 radical (unpaired) electrons. The first-order valence-corrected chi connectivity index (χ1v) is 11.0. The minimum absolute atomic E-state index is 0.0778. The van der Waals surface area contributed by atoms with Gasteiger partial charge in [-0.15, -0.1) is 0 Å². The molecule has 1 saturated heterocycles. The summed E-state index contributed by atoms with van der Waals surface area (Å²) in [6.45, 7) is 12.2. The molecule has 4 atom stereocenters. The Bertz CT molecular complexity index is 653. The molecule has 172 valence electrons. The van der Waals surface area contributed by atoms with Gasteiger partial charge in [0.25, 0.3) is 0 Å². The van der Waals surface area contributed by atoms with Crippen molar-refractivity contribution in [2.75, 3.05) is 20.6 Å². The van der Waals surface area contributed by atoms with Crippen molar-refractivity contribution in [3.05, 3.63) is 11.6 Å². The van der Waals surface area contributed by atoms with Crippen LogP contribution in [0.15, 0.2) is 11.6 Å². The number of piperidine rings is 1. The average Bonchev–Trinajstić information content (AvgIpc) is 2.67. The minimum Gasteiger partial charge on any atom is -0.478 e. The second-order valence-electron chi connectivity index (χ2n) is 9.78. The van der Waals surface area contributed by atoms with Crippen LogP contribution in [-0.2, 0) is 14.4 Å². The van der Waals surface area contributed by atoms with Crippen molar-refractivity contribution in [3.63, 3.8) is 0 Å². The summed E-state index contributed by atoms with van der Waals surface area (Å²) >= 11 is 0. The molecule has 2 N–H and O–H groups in total. The number of nitrogens with zero attached hydrogens (tertiary/aromatic N) is 2. The van der Waals surface area contributed by atoms with Gasteiger partial charge in [0.05, 0.1) is 12.1 Å². The van der Waals surface area contributed by atoms with E-state index in [0.29, 0.717) is 0 Å². The first kappa shape index (κ1) is 26.1. The van der Waals surface area contributed by atoms with Crippen LogP contribution < -0.4 is 5.32 Å². The topological polar surface area (TPSA) is 90.0 Å². The molecular weight excluding hydrogens is 382 g/mol. The number of carboxylic acids is 1. The molecule has 0 aromatic heterocycles. The molecule has 0 saturated carbocycles. The molecule has 0 bridgehead atoms. The number of hydrogen-bond acceptors (Lipinski definition) is 4. The Balaban J connectivity index is 3.14. The number of carbonyl (C=O) groups excluding carboxylic acids is 2. The maximum atomic E-state index is 13.5. The standard InChI is InChI=1S/C23H41N3O4/c1-9-15(2)18(14-16(3)22(29)30)26(8)21(28)19(23(4,5)6)24-20(27)17-12-10-11-13-25(17)7/h14-15,17-19H,9-13H2,1-8H3,(H,24,27)(H,29,30)/b16-14+/t15?,17-,18-,19?/m1/s1. The Morgan fingerprint density at radius 2 is 1.87 bits per heavy atom. The molecule has 1 aliphatic rings. The highest BCUT2D eigenvalue weighted by molar-refractivity contribution is 5.91. The van der Waals surface area contributed by atoms with Crippen molar-refractivity contribution in [2.45, 2.75) is 85.4 Å². The van der Waals surface area contributed by atoms with E-state index in [-0.39, 0.29) is 35.4 Å². The van der Waals surface area contributed by atoms with Crippen LogP contribution in [0.5, 0.6) is 0 Å². The lowest BCUT2D eigenvalue weighted by Gasteiger charge is -2.39. The first-order chi connectivity index (χ1) is 13.8. The number of nitrogens with one attached hydrogen (secondary N) is 1. The first-order valence-electron chi connectivity index (χ1n) is 11.0. The monoisotopic (exact) mass is 423 g/mol. The van der Waals surface area contributed by atoms with Crippen LogP contribution in [0.25, 0.3) is 0 Å². The average molecular weight is 424 g/mol. The van der Waals surface area contributed by atoms with Crippen molar-refractivity contribution < 1.29 is 19.5 Å². The zero-order chi connectivity index (χ0) is 23.2. The van der Waals surface area contributed by atoms with Gasteiger partial charge in [0.2, 0.25) is 11.8 Å². The Labute approximate surface area is 181 Å². The van der Waals surface area contributed by atoms with Gasteiger partial charge in [-0.3, -0.25) is 14.5 Å². The minimum atomic E-state index is -0.995. The predicted molar refractivity (Wildman–Crippen MR) is 119 cm³/mol. The summed E-state index contributed by atoms with van der Waals surface area (Å²) in [5.74, 6) is -1.23. The summed E-state index contributed by atoms with van der Waals surface area (Å²) < 4.78 is 0. The fourth-order valence-corrected chi connectivity index (χ4v) is 3.87. The van der Waals surface area contributed by atoms with Gasteiger partial charge in [0.15, 0.2) is 0 Å². The van der Waals surface area contributed by atoms with Crippen LogP contribution in [0.4, 0.5) is 0 Å². The number of amides is 2. The fraction of sp³-hybridized carbons (Fsp3) is 0.783. The van der Waals surface area contributed by atoms with Gasteiger partial charge in [-0.25, -0.2) is 4.79 Å². The maximum Gasteiger partial charge on any atom is 0.331 e. The molecule has 2 unspecified atom stereocenters. The van der Waals surface area contributed by atoms with Crippen LogP contribution >= 0.6 is 0 Å². The van der Waals surface area contributed by atoms with E-state index in [1.165, 1.54) is 6.92 Å². The number of likely N-dealkylation sites (tertiary alicyclic amines) is 1. The summed E-state index contributed by atoms with van der Waals surface area (Å²) in [4.78, 5) is 41.5. The number of carboxylic acid groups (broad SMARTS) is 1. The Morgan fingerprint density at radius 3 is 2.33 bits per heavy atom. The van der Waals surface area contributed by atoms with Crippen LogP contribution in [0, 0.1) is 11.3 Å². The van der Waals surface area contributed by atoms with E-state index >= 15 is 0 Å². The van der Waals surface area contributed by atoms with Gasteiger partial charge in [0.1, 0.15) is 6.04 Å². The van der Waals surface area contributed by atoms with E-state index in [1.807, 2.05) is 46.6 Å². The van der Waals surface area contributed by atoms with Gasteiger partial charge in [0, 0.05) is 12.6 Å². The SMILES string of the molecule is CCC(C)[C@@H](/C=C(\C)C(=O)O)N(C)C(=O)C(NC(=O)[C@H]1CCCCN1C)C(C)(C)C. The Kier molecular flexibility index (Phi) is 9.53. The van der Waals surface area contributed by atoms with Crippen LogP contribution in [0.1, 0.15) is 67.2 Å². The normalized spacial score (nSPS) is 21.5.